The Labute approximate surface area is 263 Å². The van der Waals surface area contributed by atoms with Crippen molar-refractivity contribution in [2.75, 3.05) is 139 Å². The molecule has 0 N–H and O–H groups in total. The predicted octanol–water partition coefficient (Wildman–Crippen LogP) is 4.36. The molecule has 0 aromatic rings. The van der Waals surface area contributed by atoms with Crippen LogP contribution < -0.4 is 0 Å². The molecule has 0 atom stereocenters. The normalized spacial score (nSPS) is 12.4. The van der Waals surface area contributed by atoms with Crippen LogP contribution in [0.25, 0.3) is 0 Å². The van der Waals surface area contributed by atoms with Gasteiger partial charge in [-0.3, -0.25) is 0 Å². The van der Waals surface area contributed by atoms with Crippen LogP contribution in [0.5, 0.6) is 0 Å². The van der Waals surface area contributed by atoms with Crippen molar-refractivity contribution < 1.29 is 51.8 Å². The van der Waals surface area contributed by atoms with E-state index in [9.17, 15) is 0 Å². The minimum atomic E-state index is -1.69. The quantitative estimate of drug-likeness (QED) is 0.0728. The summed E-state index contributed by atoms with van der Waals surface area (Å²) in [6.07, 6.45) is 3.55. The van der Waals surface area contributed by atoms with Gasteiger partial charge in [0, 0.05) is 6.61 Å². The molecule has 0 fully saturated rings. The van der Waals surface area contributed by atoms with E-state index in [4.69, 9.17) is 51.8 Å². The van der Waals surface area contributed by atoms with Crippen molar-refractivity contribution in [2.24, 2.45) is 0 Å². The van der Waals surface area contributed by atoms with Crippen molar-refractivity contribution in [2.45, 2.75) is 65.1 Å². The summed E-state index contributed by atoms with van der Waals surface area (Å²) in [6, 6.07) is 0. The Morgan fingerprint density at radius 1 is 0.349 bits per heavy atom. The lowest BCUT2D eigenvalue weighted by atomic mass is 10.2. The first-order valence-corrected chi connectivity index (χ1v) is 19.1. The second-order valence-corrected chi connectivity index (χ2v) is 16.2. The van der Waals surface area contributed by atoms with E-state index in [2.05, 4.69) is 40.8 Å². The Bertz CT molecular complexity index is 550. The summed E-state index contributed by atoms with van der Waals surface area (Å²) in [6.45, 7) is 25.3. The van der Waals surface area contributed by atoms with E-state index in [1.807, 2.05) is 0 Å². The molecular weight excluding hydrogens is 576 g/mol. The molecule has 0 aliphatic rings. The van der Waals surface area contributed by atoms with Crippen LogP contribution in [0.2, 0.25) is 18.1 Å². The maximum absolute atomic E-state index is 6.08. The van der Waals surface area contributed by atoms with Crippen LogP contribution in [0.15, 0.2) is 0 Å². The summed E-state index contributed by atoms with van der Waals surface area (Å²) in [4.78, 5) is 0. The van der Waals surface area contributed by atoms with Gasteiger partial charge in [-0.25, -0.2) is 0 Å². The fourth-order valence-corrected chi connectivity index (χ4v) is 4.13. The summed E-state index contributed by atoms with van der Waals surface area (Å²) in [5.41, 5.74) is 0. The molecule has 0 aromatic carbocycles. The van der Waals surface area contributed by atoms with Crippen molar-refractivity contribution in [3.8, 4) is 0 Å². The number of ether oxygens (including phenoxy) is 10. The molecule has 0 aliphatic carbocycles. The van der Waals surface area contributed by atoms with Gasteiger partial charge < -0.3 is 51.8 Å². The highest BCUT2D eigenvalue weighted by atomic mass is 28.4. The number of unbranched alkanes of at least 4 members (excludes halogenated alkanes) is 2. The standard InChI is InChI=1S/C31H66O11Si/c1-7-8-9-10-32-11-12-33-13-14-34-15-16-35-17-18-36-19-20-37-21-22-38-23-24-39-25-26-40-27-28-41-29-30-42-43(5,6)31(2,3)4/h7-30H2,1-6H3. The summed E-state index contributed by atoms with van der Waals surface area (Å²) in [5, 5.41) is 0.221. The van der Waals surface area contributed by atoms with Crippen LogP contribution in [-0.4, -0.2) is 147 Å². The smallest absolute Gasteiger partial charge is 0.192 e. The fourth-order valence-electron chi connectivity index (χ4n) is 3.11. The molecule has 0 spiro atoms. The van der Waals surface area contributed by atoms with Gasteiger partial charge >= 0.3 is 0 Å². The third-order valence-corrected chi connectivity index (χ3v) is 11.3. The molecule has 12 heteroatoms. The highest BCUT2D eigenvalue weighted by Gasteiger charge is 2.36. The van der Waals surface area contributed by atoms with Gasteiger partial charge in [0.1, 0.15) is 0 Å². The lowest BCUT2D eigenvalue weighted by Crippen LogP contribution is -2.41. The Morgan fingerprint density at radius 2 is 0.581 bits per heavy atom. The average molecular weight is 643 g/mol. The van der Waals surface area contributed by atoms with E-state index in [0.717, 1.165) is 13.0 Å². The molecular formula is C31H66O11Si. The largest absolute Gasteiger partial charge is 0.414 e. The average Bonchev–Trinajstić information content (AvgIpc) is 2.96. The van der Waals surface area contributed by atoms with Gasteiger partial charge in [-0.2, -0.15) is 0 Å². The van der Waals surface area contributed by atoms with E-state index in [1.54, 1.807) is 0 Å². The summed E-state index contributed by atoms with van der Waals surface area (Å²) >= 11 is 0. The lowest BCUT2D eigenvalue weighted by Gasteiger charge is -2.36. The van der Waals surface area contributed by atoms with Crippen molar-refractivity contribution in [3.63, 3.8) is 0 Å². The third-order valence-electron chi connectivity index (χ3n) is 6.74. The number of hydrogen-bond acceptors (Lipinski definition) is 11. The van der Waals surface area contributed by atoms with E-state index in [1.165, 1.54) is 12.8 Å². The van der Waals surface area contributed by atoms with Crippen LogP contribution in [0.3, 0.4) is 0 Å². The second kappa shape index (κ2) is 31.7. The third kappa shape index (κ3) is 31.5. The second-order valence-electron chi connectivity index (χ2n) is 11.4. The van der Waals surface area contributed by atoms with Crippen LogP contribution in [0, 0.1) is 0 Å². The van der Waals surface area contributed by atoms with Gasteiger partial charge in [-0.05, 0) is 24.6 Å². The zero-order valence-corrected chi connectivity index (χ0v) is 29.5. The van der Waals surface area contributed by atoms with Gasteiger partial charge in [-0.1, -0.05) is 40.5 Å². The van der Waals surface area contributed by atoms with Gasteiger partial charge in [0.25, 0.3) is 0 Å². The highest BCUT2D eigenvalue weighted by molar-refractivity contribution is 6.74. The molecule has 260 valence electrons. The van der Waals surface area contributed by atoms with Crippen LogP contribution in [-0.2, 0) is 51.8 Å². The van der Waals surface area contributed by atoms with Gasteiger partial charge in [-0.15, -0.1) is 0 Å². The Hall–Kier alpha value is -0.223. The molecule has 0 aromatic heterocycles. The topological polar surface area (TPSA) is 102 Å². The van der Waals surface area contributed by atoms with Gasteiger partial charge in [0.15, 0.2) is 8.32 Å². The Kier molecular flexibility index (Phi) is 31.6. The van der Waals surface area contributed by atoms with Crippen molar-refractivity contribution in [1.29, 1.82) is 0 Å². The summed E-state index contributed by atoms with van der Waals surface area (Å²) in [5.74, 6) is 0. The first-order valence-electron chi connectivity index (χ1n) is 16.2. The lowest BCUT2D eigenvalue weighted by molar-refractivity contribution is -0.0267. The minimum absolute atomic E-state index is 0.221. The molecule has 0 bridgehead atoms. The van der Waals surface area contributed by atoms with Crippen molar-refractivity contribution >= 4 is 8.32 Å². The minimum Gasteiger partial charge on any atom is -0.414 e. The molecule has 0 unspecified atom stereocenters. The Morgan fingerprint density at radius 3 is 0.814 bits per heavy atom. The van der Waals surface area contributed by atoms with E-state index in [-0.39, 0.29) is 5.04 Å². The SMILES string of the molecule is CCCCCOCCOCCOCCOCCOCCOCCOCCOCCOCCOCCO[Si](C)(C)C(C)(C)C. The first-order chi connectivity index (χ1) is 20.8. The Balaban J connectivity index is 3.12. The maximum atomic E-state index is 6.08. The van der Waals surface area contributed by atoms with E-state index < -0.39 is 8.32 Å². The fraction of sp³-hybridized carbons (Fsp3) is 1.00. The molecule has 11 nitrogen and oxygen atoms in total. The molecule has 43 heavy (non-hydrogen) atoms. The molecule has 0 amide bonds. The van der Waals surface area contributed by atoms with Crippen LogP contribution in [0.1, 0.15) is 47.0 Å². The number of hydrogen-bond donors (Lipinski definition) is 0. The van der Waals surface area contributed by atoms with Gasteiger partial charge in [0.05, 0.1) is 132 Å². The molecule has 0 rings (SSSR count). The first kappa shape index (κ1) is 42.8. The zero-order chi connectivity index (χ0) is 31.7. The van der Waals surface area contributed by atoms with Gasteiger partial charge in [0.2, 0.25) is 0 Å². The summed E-state index contributed by atoms with van der Waals surface area (Å²) < 4.78 is 61.0. The van der Waals surface area contributed by atoms with E-state index >= 15 is 0 Å². The molecule has 0 heterocycles. The monoisotopic (exact) mass is 642 g/mol. The van der Waals surface area contributed by atoms with Crippen molar-refractivity contribution in [1.82, 2.24) is 0 Å². The van der Waals surface area contributed by atoms with E-state index in [0.29, 0.717) is 132 Å². The summed E-state index contributed by atoms with van der Waals surface area (Å²) in [7, 11) is -1.69. The highest BCUT2D eigenvalue weighted by Crippen LogP contribution is 2.36. The molecule has 0 aliphatic heterocycles. The molecule has 0 saturated carbocycles. The predicted molar refractivity (Wildman–Crippen MR) is 171 cm³/mol. The van der Waals surface area contributed by atoms with Crippen molar-refractivity contribution in [3.05, 3.63) is 0 Å². The molecule has 0 radical (unpaired) electrons. The molecule has 0 saturated heterocycles. The number of rotatable bonds is 35. The van der Waals surface area contributed by atoms with Crippen LogP contribution in [0.4, 0.5) is 0 Å². The van der Waals surface area contributed by atoms with Crippen LogP contribution >= 0.6 is 0 Å². The zero-order valence-electron chi connectivity index (χ0n) is 28.5. The maximum Gasteiger partial charge on any atom is 0.192 e.